The number of piperazine rings is 1. The molecule has 2 aromatic rings. The Hall–Kier alpha value is -2.64. The van der Waals surface area contributed by atoms with Gasteiger partial charge < -0.3 is 4.90 Å². The van der Waals surface area contributed by atoms with Crippen LogP contribution in [0, 0.1) is 17.2 Å². The molecule has 4 rings (SSSR count). The number of nitrogens with zero attached hydrogens (tertiary/aromatic N) is 3. The SMILES string of the molecule is N#Cc1ccccc1-c1ccc(CN2CCN(C(=O)C3CC3)CC2)cc1. The van der Waals surface area contributed by atoms with Gasteiger partial charge in [0.25, 0.3) is 0 Å². The van der Waals surface area contributed by atoms with Crippen LogP contribution in [0.3, 0.4) is 0 Å². The number of carbonyl (C=O) groups is 1. The molecular formula is C22H23N3O. The molecule has 2 aliphatic rings. The maximum Gasteiger partial charge on any atom is 0.225 e. The summed E-state index contributed by atoms with van der Waals surface area (Å²) >= 11 is 0. The van der Waals surface area contributed by atoms with E-state index in [1.54, 1.807) is 0 Å². The zero-order valence-electron chi connectivity index (χ0n) is 14.9. The molecule has 0 unspecified atom stereocenters. The molecule has 4 nitrogen and oxygen atoms in total. The number of nitriles is 1. The zero-order chi connectivity index (χ0) is 17.9. The van der Waals surface area contributed by atoms with Crippen LogP contribution in [-0.4, -0.2) is 41.9 Å². The van der Waals surface area contributed by atoms with E-state index in [1.165, 1.54) is 5.56 Å². The van der Waals surface area contributed by atoms with E-state index in [9.17, 15) is 10.1 Å². The van der Waals surface area contributed by atoms with Gasteiger partial charge in [0.05, 0.1) is 11.6 Å². The second-order valence-electron chi connectivity index (χ2n) is 7.23. The third-order valence-electron chi connectivity index (χ3n) is 5.33. The average Bonchev–Trinajstić information content (AvgIpc) is 3.54. The Balaban J connectivity index is 1.36. The third kappa shape index (κ3) is 3.63. The summed E-state index contributed by atoms with van der Waals surface area (Å²) in [7, 11) is 0. The quantitative estimate of drug-likeness (QED) is 0.854. The van der Waals surface area contributed by atoms with E-state index in [0.29, 0.717) is 17.4 Å². The molecule has 2 fully saturated rings. The van der Waals surface area contributed by atoms with Gasteiger partial charge in [-0.1, -0.05) is 42.5 Å². The van der Waals surface area contributed by atoms with Crippen LogP contribution in [0.1, 0.15) is 24.0 Å². The summed E-state index contributed by atoms with van der Waals surface area (Å²) in [6.45, 7) is 4.49. The molecule has 1 amide bonds. The number of amides is 1. The lowest BCUT2D eigenvalue weighted by atomic mass is 9.99. The van der Waals surface area contributed by atoms with Gasteiger partial charge in [0.1, 0.15) is 0 Å². The third-order valence-corrected chi connectivity index (χ3v) is 5.33. The highest BCUT2D eigenvalue weighted by atomic mass is 16.2. The summed E-state index contributed by atoms with van der Waals surface area (Å²) < 4.78 is 0. The van der Waals surface area contributed by atoms with Gasteiger partial charge in [0.2, 0.25) is 5.91 Å². The fourth-order valence-electron chi connectivity index (χ4n) is 3.60. The Morgan fingerprint density at radius 2 is 1.69 bits per heavy atom. The van der Waals surface area contributed by atoms with Crippen LogP contribution in [0.5, 0.6) is 0 Å². The van der Waals surface area contributed by atoms with E-state index in [1.807, 2.05) is 29.2 Å². The van der Waals surface area contributed by atoms with E-state index in [-0.39, 0.29) is 0 Å². The van der Waals surface area contributed by atoms with Crippen LogP contribution >= 0.6 is 0 Å². The second-order valence-corrected chi connectivity index (χ2v) is 7.23. The van der Waals surface area contributed by atoms with Crippen molar-refractivity contribution in [3.8, 4) is 17.2 Å². The molecule has 0 spiro atoms. The highest BCUT2D eigenvalue weighted by Crippen LogP contribution is 2.31. The summed E-state index contributed by atoms with van der Waals surface area (Å²) in [5.41, 5.74) is 4.03. The molecule has 0 radical (unpaired) electrons. The van der Waals surface area contributed by atoms with E-state index in [4.69, 9.17) is 0 Å². The molecule has 1 heterocycles. The van der Waals surface area contributed by atoms with E-state index >= 15 is 0 Å². The van der Waals surface area contributed by atoms with Gasteiger partial charge in [-0.15, -0.1) is 0 Å². The molecule has 0 atom stereocenters. The highest BCUT2D eigenvalue weighted by Gasteiger charge is 2.34. The van der Waals surface area contributed by atoms with Crippen LogP contribution < -0.4 is 0 Å². The number of rotatable bonds is 4. The maximum absolute atomic E-state index is 12.1. The van der Waals surface area contributed by atoms with Crippen molar-refractivity contribution in [2.45, 2.75) is 19.4 Å². The van der Waals surface area contributed by atoms with Crippen LogP contribution in [-0.2, 0) is 11.3 Å². The van der Waals surface area contributed by atoms with Crippen molar-refractivity contribution < 1.29 is 4.79 Å². The first-order valence-corrected chi connectivity index (χ1v) is 9.34. The Kier molecular flexibility index (Phi) is 4.73. The molecule has 0 N–H and O–H groups in total. The fraction of sp³-hybridized carbons (Fsp3) is 0.364. The van der Waals surface area contributed by atoms with Gasteiger partial charge in [-0.25, -0.2) is 0 Å². The molecule has 1 saturated heterocycles. The summed E-state index contributed by atoms with van der Waals surface area (Å²) in [6, 6.07) is 18.4. The summed E-state index contributed by atoms with van der Waals surface area (Å²) in [6.07, 6.45) is 2.17. The molecule has 4 heteroatoms. The van der Waals surface area contributed by atoms with Gasteiger partial charge in [-0.05, 0) is 35.6 Å². The molecule has 1 aliphatic heterocycles. The van der Waals surface area contributed by atoms with Crippen LogP contribution in [0.25, 0.3) is 11.1 Å². The maximum atomic E-state index is 12.1. The van der Waals surface area contributed by atoms with Crippen molar-refractivity contribution in [1.29, 1.82) is 5.26 Å². The minimum absolute atomic E-state index is 0.324. The molecule has 2 aromatic carbocycles. The Labute approximate surface area is 154 Å². The Morgan fingerprint density at radius 3 is 2.35 bits per heavy atom. The second kappa shape index (κ2) is 7.31. The lowest BCUT2D eigenvalue weighted by molar-refractivity contribution is -0.134. The number of hydrogen-bond acceptors (Lipinski definition) is 3. The van der Waals surface area contributed by atoms with Crippen molar-refractivity contribution in [3.05, 3.63) is 59.7 Å². The van der Waals surface area contributed by atoms with Crippen molar-refractivity contribution in [2.75, 3.05) is 26.2 Å². The lowest BCUT2D eigenvalue weighted by Gasteiger charge is -2.35. The Morgan fingerprint density at radius 1 is 1.00 bits per heavy atom. The predicted molar refractivity (Wildman–Crippen MR) is 101 cm³/mol. The van der Waals surface area contributed by atoms with Gasteiger partial charge in [0, 0.05) is 38.6 Å². The fourth-order valence-corrected chi connectivity index (χ4v) is 3.60. The molecule has 0 bridgehead atoms. The molecular weight excluding hydrogens is 322 g/mol. The van der Waals surface area contributed by atoms with Crippen LogP contribution in [0.2, 0.25) is 0 Å². The summed E-state index contributed by atoms with van der Waals surface area (Å²) in [4.78, 5) is 16.6. The van der Waals surface area contributed by atoms with Gasteiger partial charge in [0.15, 0.2) is 0 Å². The molecule has 1 saturated carbocycles. The first-order valence-electron chi connectivity index (χ1n) is 9.34. The zero-order valence-corrected chi connectivity index (χ0v) is 14.9. The first-order chi connectivity index (χ1) is 12.7. The minimum Gasteiger partial charge on any atom is -0.340 e. The highest BCUT2D eigenvalue weighted by molar-refractivity contribution is 5.81. The lowest BCUT2D eigenvalue weighted by Crippen LogP contribution is -2.48. The van der Waals surface area contributed by atoms with Crippen molar-refractivity contribution in [2.24, 2.45) is 5.92 Å². The topological polar surface area (TPSA) is 47.3 Å². The van der Waals surface area contributed by atoms with E-state index in [2.05, 4.69) is 35.2 Å². The van der Waals surface area contributed by atoms with Crippen LogP contribution in [0.4, 0.5) is 0 Å². The Bertz CT molecular complexity index is 825. The smallest absolute Gasteiger partial charge is 0.225 e. The standard InChI is InChI=1S/C22H23N3O/c23-15-20-3-1-2-4-21(20)18-7-5-17(6-8-18)16-24-11-13-25(14-12-24)22(26)19-9-10-19/h1-8,19H,9-14,16H2. The molecule has 1 aliphatic carbocycles. The van der Waals surface area contributed by atoms with Gasteiger partial charge in [-0.2, -0.15) is 5.26 Å². The van der Waals surface area contributed by atoms with Gasteiger partial charge >= 0.3 is 0 Å². The predicted octanol–water partition coefficient (Wildman–Crippen LogP) is 3.28. The van der Waals surface area contributed by atoms with Crippen molar-refractivity contribution >= 4 is 5.91 Å². The van der Waals surface area contributed by atoms with Crippen molar-refractivity contribution in [3.63, 3.8) is 0 Å². The molecule has 0 aromatic heterocycles. The average molecular weight is 345 g/mol. The first kappa shape index (κ1) is 16.8. The normalized spacial score (nSPS) is 17.7. The van der Waals surface area contributed by atoms with Crippen LogP contribution in [0.15, 0.2) is 48.5 Å². The molecule has 132 valence electrons. The molecule has 26 heavy (non-hydrogen) atoms. The number of hydrogen-bond donors (Lipinski definition) is 0. The van der Waals surface area contributed by atoms with E-state index in [0.717, 1.165) is 56.7 Å². The summed E-state index contributed by atoms with van der Waals surface area (Å²) in [5.74, 6) is 0.690. The van der Waals surface area contributed by atoms with Gasteiger partial charge in [-0.3, -0.25) is 9.69 Å². The minimum atomic E-state index is 0.324. The summed E-state index contributed by atoms with van der Waals surface area (Å²) in [5, 5.41) is 9.26. The largest absolute Gasteiger partial charge is 0.340 e. The van der Waals surface area contributed by atoms with E-state index < -0.39 is 0 Å². The number of carbonyl (C=O) groups excluding carboxylic acids is 1. The monoisotopic (exact) mass is 345 g/mol. The van der Waals surface area contributed by atoms with Crippen molar-refractivity contribution in [1.82, 2.24) is 9.80 Å². The number of benzene rings is 2.